The molecular formula is C24H18F3NO3. The molecule has 2 aromatic rings. The van der Waals surface area contributed by atoms with Crippen molar-refractivity contribution in [3.8, 4) is 5.75 Å². The van der Waals surface area contributed by atoms with Crippen molar-refractivity contribution in [2.24, 2.45) is 10.9 Å². The summed E-state index contributed by atoms with van der Waals surface area (Å²) in [6.07, 6.45) is 3.74. The molecule has 0 amide bonds. The van der Waals surface area contributed by atoms with E-state index in [9.17, 15) is 22.8 Å². The Morgan fingerprint density at radius 1 is 0.968 bits per heavy atom. The maximum Gasteiger partial charge on any atom is 0.344 e. The minimum atomic E-state index is -2.53. The van der Waals surface area contributed by atoms with Gasteiger partial charge < -0.3 is 4.74 Å². The van der Waals surface area contributed by atoms with E-state index in [2.05, 4.69) is 9.73 Å². The Labute approximate surface area is 177 Å². The fourth-order valence-corrected chi connectivity index (χ4v) is 3.34. The fraction of sp³-hybridized carbons (Fsp3) is 0.167. The number of rotatable bonds is 5. The monoisotopic (exact) mass is 425 g/mol. The van der Waals surface area contributed by atoms with Crippen molar-refractivity contribution in [3.63, 3.8) is 0 Å². The van der Waals surface area contributed by atoms with Crippen molar-refractivity contribution in [1.29, 1.82) is 0 Å². The number of ether oxygens (including phenoxy) is 1. The molecule has 0 heterocycles. The average Bonchev–Trinajstić information content (AvgIpc) is 2.74. The third-order valence-electron chi connectivity index (χ3n) is 4.71. The Morgan fingerprint density at radius 3 is 1.97 bits per heavy atom. The summed E-state index contributed by atoms with van der Waals surface area (Å²) in [4.78, 5) is 26.8. The van der Waals surface area contributed by atoms with Gasteiger partial charge in [0.1, 0.15) is 5.75 Å². The molecule has 0 aromatic heterocycles. The molecule has 1 fully saturated rings. The largest absolute Gasteiger partial charge is 0.428 e. The Bertz CT molecular complexity index is 1110. The van der Waals surface area contributed by atoms with Gasteiger partial charge in [-0.1, -0.05) is 31.2 Å². The summed E-state index contributed by atoms with van der Waals surface area (Å²) < 4.78 is 41.6. The first-order valence-electron chi connectivity index (χ1n) is 9.48. The van der Waals surface area contributed by atoms with Gasteiger partial charge in [0.15, 0.2) is 5.78 Å². The fourth-order valence-electron chi connectivity index (χ4n) is 3.34. The molecular weight excluding hydrogens is 407 g/mol. The lowest BCUT2D eigenvalue weighted by Gasteiger charge is -2.22. The van der Waals surface area contributed by atoms with Crippen molar-refractivity contribution >= 4 is 29.7 Å². The number of carbonyl (C=O) groups excluding carboxylic acids is 2. The molecule has 3 rings (SSSR count). The lowest BCUT2D eigenvalue weighted by atomic mass is 9.81. The smallest absolute Gasteiger partial charge is 0.344 e. The van der Waals surface area contributed by atoms with E-state index in [1.165, 1.54) is 18.2 Å². The Balaban J connectivity index is 1.81. The van der Waals surface area contributed by atoms with Crippen LogP contribution in [-0.4, -0.2) is 11.9 Å². The van der Waals surface area contributed by atoms with E-state index in [-0.39, 0.29) is 17.5 Å². The molecule has 4 nitrogen and oxygen atoms in total. The highest BCUT2D eigenvalue weighted by Gasteiger charge is 2.25. The summed E-state index contributed by atoms with van der Waals surface area (Å²) >= 11 is 0. The third kappa shape index (κ3) is 5.90. The molecule has 2 aromatic carbocycles. The van der Waals surface area contributed by atoms with Gasteiger partial charge in [-0.2, -0.15) is 18.2 Å². The molecule has 0 radical (unpaired) electrons. The highest BCUT2D eigenvalue weighted by atomic mass is 19.3. The minimum absolute atomic E-state index is 0.0677. The number of allylic oxidation sites excluding steroid dienone is 2. The zero-order valence-corrected chi connectivity index (χ0v) is 16.6. The van der Waals surface area contributed by atoms with E-state index in [0.717, 1.165) is 5.56 Å². The number of halogens is 3. The molecule has 0 aliphatic heterocycles. The van der Waals surface area contributed by atoms with Crippen LogP contribution in [0.3, 0.4) is 0 Å². The number of hydrogen-bond acceptors (Lipinski definition) is 4. The first-order chi connectivity index (χ1) is 14.9. The standard InChI is InChI=1S/C24H18F3NO3/c1-15-10-18(12-16-2-6-20(7-3-16)28-14-29)22(30)19(11-15)13-17-4-8-21(9-5-17)31-24(27)23(25)26/h2-9,12-13,15H,10-11H2,1H3. The summed E-state index contributed by atoms with van der Waals surface area (Å²) in [5, 5.41) is 0. The van der Waals surface area contributed by atoms with E-state index >= 15 is 0 Å². The number of benzene rings is 2. The highest BCUT2D eigenvalue weighted by Crippen LogP contribution is 2.32. The van der Waals surface area contributed by atoms with Crippen LogP contribution in [0.4, 0.5) is 18.9 Å². The van der Waals surface area contributed by atoms with Crippen LogP contribution in [0.15, 0.2) is 76.8 Å². The van der Waals surface area contributed by atoms with Gasteiger partial charge >= 0.3 is 12.1 Å². The third-order valence-corrected chi connectivity index (χ3v) is 4.71. The summed E-state index contributed by atoms with van der Waals surface area (Å²) in [6.45, 7) is 2.05. The van der Waals surface area contributed by atoms with E-state index in [1.807, 2.05) is 13.0 Å². The van der Waals surface area contributed by atoms with E-state index in [1.54, 1.807) is 42.5 Å². The van der Waals surface area contributed by atoms with Crippen molar-refractivity contribution in [1.82, 2.24) is 0 Å². The Kier molecular flexibility index (Phi) is 7.00. The molecule has 7 heteroatoms. The van der Waals surface area contributed by atoms with Crippen molar-refractivity contribution in [2.45, 2.75) is 19.8 Å². The number of ketones is 1. The zero-order chi connectivity index (χ0) is 22.4. The quantitative estimate of drug-likeness (QED) is 0.237. The zero-order valence-electron chi connectivity index (χ0n) is 16.6. The Hall–Kier alpha value is -3.70. The molecule has 158 valence electrons. The van der Waals surface area contributed by atoms with Gasteiger partial charge in [0, 0.05) is 11.1 Å². The predicted octanol–water partition coefficient (Wildman–Crippen LogP) is 6.53. The first kappa shape index (κ1) is 22.0. The maximum atomic E-state index is 13.0. The molecule has 0 spiro atoms. The van der Waals surface area contributed by atoms with Crippen LogP contribution in [0.5, 0.6) is 5.75 Å². The van der Waals surface area contributed by atoms with Gasteiger partial charge in [-0.25, -0.2) is 4.79 Å². The summed E-state index contributed by atoms with van der Waals surface area (Å²) in [6, 6.07) is 10.8. The van der Waals surface area contributed by atoms with Gasteiger partial charge in [0.2, 0.25) is 6.08 Å². The number of isocyanates is 1. The van der Waals surface area contributed by atoms with Gasteiger partial charge in [-0.3, -0.25) is 4.79 Å². The van der Waals surface area contributed by atoms with Crippen LogP contribution < -0.4 is 4.74 Å². The lowest BCUT2D eigenvalue weighted by Crippen LogP contribution is -2.18. The molecule has 0 N–H and O–H groups in total. The van der Waals surface area contributed by atoms with Crippen molar-refractivity contribution < 1.29 is 27.5 Å². The molecule has 0 bridgehead atoms. The van der Waals surface area contributed by atoms with Crippen LogP contribution in [-0.2, 0) is 9.59 Å². The average molecular weight is 425 g/mol. The van der Waals surface area contributed by atoms with Crippen LogP contribution in [0.25, 0.3) is 12.2 Å². The SMILES string of the molecule is CC1CC(=Cc2ccc(N=C=O)cc2)C(=O)C(=Cc2ccc(OC(F)=C(F)F)cc2)C1. The lowest BCUT2D eigenvalue weighted by molar-refractivity contribution is -0.113. The number of hydrogen-bond donors (Lipinski definition) is 0. The van der Waals surface area contributed by atoms with Gasteiger partial charge in [0.25, 0.3) is 0 Å². The molecule has 1 aliphatic carbocycles. The van der Waals surface area contributed by atoms with Crippen molar-refractivity contribution in [3.05, 3.63) is 82.9 Å². The topological polar surface area (TPSA) is 55.7 Å². The van der Waals surface area contributed by atoms with E-state index in [4.69, 9.17) is 0 Å². The van der Waals surface area contributed by atoms with Crippen LogP contribution in [0, 0.1) is 5.92 Å². The van der Waals surface area contributed by atoms with Gasteiger partial charge in [0.05, 0.1) is 5.69 Å². The van der Waals surface area contributed by atoms with Gasteiger partial charge in [-0.15, -0.1) is 0 Å². The maximum absolute atomic E-state index is 13.0. The van der Waals surface area contributed by atoms with E-state index in [0.29, 0.717) is 35.2 Å². The normalized spacial score (nSPS) is 18.6. The van der Waals surface area contributed by atoms with Crippen LogP contribution in [0.1, 0.15) is 30.9 Å². The van der Waals surface area contributed by atoms with Gasteiger partial charge in [-0.05, 0) is 66.3 Å². The molecule has 1 aliphatic rings. The molecule has 1 saturated carbocycles. The number of Topliss-reactive ketones (excluding diaryl/α,β-unsaturated/α-hetero) is 1. The number of aliphatic imine (C=N–C) groups is 1. The van der Waals surface area contributed by atoms with Crippen molar-refractivity contribution in [2.75, 3.05) is 0 Å². The number of carbonyl (C=O) groups is 1. The molecule has 1 atom stereocenters. The molecule has 1 unspecified atom stereocenters. The Morgan fingerprint density at radius 2 is 1.48 bits per heavy atom. The molecule has 31 heavy (non-hydrogen) atoms. The van der Waals surface area contributed by atoms with Crippen LogP contribution in [0.2, 0.25) is 0 Å². The molecule has 0 saturated heterocycles. The summed E-state index contributed by atoms with van der Waals surface area (Å²) in [5.74, 6) is 0.115. The summed E-state index contributed by atoms with van der Waals surface area (Å²) in [7, 11) is 0. The second kappa shape index (κ2) is 9.87. The predicted molar refractivity (Wildman–Crippen MR) is 111 cm³/mol. The van der Waals surface area contributed by atoms with E-state index < -0.39 is 12.1 Å². The second-order valence-corrected chi connectivity index (χ2v) is 7.18. The minimum Gasteiger partial charge on any atom is -0.428 e. The number of nitrogens with zero attached hydrogens (tertiary/aromatic N) is 1. The first-order valence-corrected chi connectivity index (χ1v) is 9.48. The second-order valence-electron chi connectivity index (χ2n) is 7.18. The van der Waals surface area contributed by atoms with Crippen LogP contribution >= 0.6 is 0 Å². The highest BCUT2D eigenvalue weighted by molar-refractivity contribution is 6.14. The summed E-state index contributed by atoms with van der Waals surface area (Å²) in [5.41, 5.74) is 3.27.